The number of hydrogen-bond acceptors (Lipinski definition) is 3. The molecule has 0 aliphatic carbocycles. The van der Waals surface area contributed by atoms with E-state index in [1.54, 1.807) is 36.4 Å². The summed E-state index contributed by atoms with van der Waals surface area (Å²) in [5.41, 5.74) is 2.59. The highest BCUT2D eigenvalue weighted by Gasteiger charge is 2.23. The van der Waals surface area contributed by atoms with Crippen LogP contribution in [0.15, 0.2) is 48.5 Å². The van der Waals surface area contributed by atoms with E-state index in [2.05, 4.69) is 17.6 Å². The van der Waals surface area contributed by atoms with Crippen molar-refractivity contribution in [3.8, 4) is 0 Å². The number of halogens is 1. The molecule has 2 atom stereocenters. The van der Waals surface area contributed by atoms with E-state index in [4.69, 9.17) is 0 Å². The molecule has 2 aromatic carbocycles. The van der Waals surface area contributed by atoms with Crippen LogP contribution in [0.4, 0.5) is 0 Å². The van der Waals surface area contributed by atoms with Gasteiger partial charge in [0.15, 0.2) is 5.78 Å². The van der Waals surface area contributed by atoms with Crippen molar-refractivity contribution in [1.29, 1.82) is 0 Å². The van der Waals surface area contributed by atoms with Crippen molar-refractivity contribution < 1.29 is 9.59 Å². The number of benzene rings is 2. The molecule has 2 aromatic rings. The van der Waals surface area contributed by atoms with Crippen molar-refractivity contribution >= 4 is 24.1 Å². The molecule has 3 rings (SSSR count). The van der Waals surface area contributed by atoms with Crippen LogP contribution < -0.4 is 10.6 Å². The average molecular weight is 373 g/mol. The molecule has 0 saturated carbocycles. The molecule has 0 bridgehead atoms. The van der Waals surface area contributed by atoms with Gasteiger partial charge in [-0.05, 0) is 39.3 Å². The molecular formula is C21H25ClN2O2. The zero-order valence-corrected chi connectivity index (χ0v) is 15.9. The lowest BCUT2D eigenvalue weighted by Crippen LogP contribution is -2.46. The van der Waals surface area contributed by atoms with Crippen molar-refractivity contribution in [2.75, 3.05) is 6.54 Å². The van der Waals surface area contributed by atoms with Crippen LogP contribution >= 0.6 is 12.4 Å². The Kier molecular flexibility index (Phi) is 6.95. The Morgan fingerprint density at radius 3 is 2.35 bits per heavy atom. The molecule has 2 unspecified atom stereocenters. The maximum atomic E-state index is 12.8. The fourth-order valence-corrected chi connectivity index (χ4v) is 3.27. The van der Waals surface area contributed by atoms with Crippen LogP contribution in [0.1, 0.15) is 51.6 Å². The van der Waals surface area contributed by atoms with Crippen molar-refractivity contribution in [2.24, 2.45) is 0 Å². The summed E-state index contributed by atoms with van der Waals surface area (Å²) in [7, 11) is 0. The van der Waals surface area contributed by atoms with Crippen LogP contribution in [0.25, 0.3) is 0 Å². The second-order valence-electron chi connectivity index (χ2n) is 6.79. The number of hydrogen-bond donors (Lipinski definition) is 2. The van der Waals surface area contributed by atoms with E-state index in [-0.39, 0.29) is 30.1 Å². The van der Waals surface area contributed by atoms with E-state index in [0.29, 0.717) is 22.7 Å². The van der Waals surface area contributed by atoms with Gasteiger partial charge in [-0.1, -0.05) is 48.0 Å². The summed E-state index contributed by atoms with van der Waals surface area (Å²) >= 11 is 0. The lowest BCUT2D eigenvalue weighted by atomic mass is 9.96. The standard InChI is InChI=1S/C21H24N2O2.ClH/c1-14-7-9-16(10-8-14)20(24)18-5-3-4-6-19(18)21(25)23-17-11-12-22-15(2)13-17;/h3-10,15,17,22H,11-13H2,1-2H3,(H,23,25);1H. The molecule has 26 heavy (non-hydrogen) atoms. The van der Waals surface area contributed by atoms with Gasteiger partial charge in [-0.25, -0.2) is 0 Å². The average Bonchev–Trinajstić information content (AvgIpc) is 2.62. The van der Waals surface area contributed by atoms with Gasteiger partial charge < -0.3 is 10.6 Å². The van der Waals surface area contributed by atoms with Crippen molar-refractivity contribution in [3.05, 3.63) is 70.8 Å². The normalized spacial score (nSPS) is 19.3. The zero-order valence-electron chi connectivity index (χ0n) is 15.1. The highest BCUT2D eigenvalue weighted by molar-refractivity contribution is 6.15. The Hall–Kier alpha value is -2.17. The summed E-state index contributed by atoms with van der Waals surface area (Å²) in [4.78, 5) is 25.6. The Balaban J connectivity index is 0.00000243. The smallest absolute Gasteiger partial charge is 0.252 e. The second kappa shape index (κ2) is 8.97. The molecule has 0 aromatic heterocycles. The van der Waals surface area contributed by atoms with E-state index in [9.17, 15) is 9.59 Å². The molecule has 1 aliphatic rings. The van der Waals surface area contributed by atoms with Crippen molar-refractivity contribution in [2.45, 2.75) is 38.8 Å². The molecule has 1 saturated heterocycles. The first-order valence-electron chi connectivity index (χ1n) is 8.79. The third-order valence-electron chi connectivity index (χ3n) is 4.69. The number of ketones is 1. The van der Waals surface area contributed by atoms with Gasteiger partial charge in [-0.3, -0.25) is 9.59 Å². The summed E-state index contributed by atoms with van der Waals surface area (Å²) in [6.07, 6.45) is 1.81. The molecule has 1 heterocycles. The molecule has 0 radical (unpaired) electrons. The van der Waals surface area contributed by atoms with Gasteiger partial charge in [0, 0.05) is 23.2 Å². The Morgan fingerprint density at radius 1 is 1.04 bits per heavy atom. The monoisotopic (exact) mass is 372 g/mol. The molecule has 2 N–H and O–H groups in total. The van der Waals surface area contributed by atoms with Gasteiger partial charge in [0.1, 0.15) is 0 Å². The van der Waals surface area contributed by atoms with Crippen LogP contribution in [0.3, 0.4) is 0 Å². The molecular weight excluding hydrogens is 348 g/mol. The Morgan fingerprint density at radius 2 is 1.69 bits per heavy atom. The summed E-state index contributed by atoms with van der Waals surface area (Å²) in [6, 6.07) is 15.0. The third kappa shape index (κ3) is 4.71. The summed E-state index contributed by atoms with van der Waals surface area (Å²) in [5.74, 6) is -0.292. The van der Waals surface area contributed by atoms with Crippen LogP contribution in [0.2, 0.25) is 0 Å². The molecule has 5 heteroatoms. The van der Waals surface area contributed by atoms with Crippen molar-refractivity contribution in [3.63, 3.8) is 0 Å². The van der Waals surface area contributed by atoms with E-state index in [0.717, 1.165) is 24.9 Å². The van der Waals surface area contributed by atoms with Gasteiger partial charge in [0.2, 0.25) is 0 Å². The minimum Gasteiger partial charge on any atom is -0.349 e. The molecule has 1 amide bonds. The number of nitrogens with one attached hydrogen (secondary N) is 2. The number of piperidine rings is 1. The highest BCUT2D eigenvalue weighted by atomic mass is 35.5. The van der Waals surface area contributed by atoms with Gasteiger partial charge in [-0.2, -0.15) is 0 Å². The lowest BCUT2D eigenvalue weighted by Gasteiger charge is -2.28. The van der Waals surface area contributed by atoms with E-state index in [1.165, 1.54) is 0 Å². The van der Waals surface area contributed by atoms with Crippen molar-refractivity contribution in [1.82, 2.24) is 10.6 Å². The van der Waals surface area contributed by atoms with Crippen LogP contribution in [0.5, 0.6) is 0 Å². The number of carbonyl (C=O) groups excluding carboxylic acids is 2. The fraction of sp³-hybridized carbons (Fsp3) is 0.333. The summed E-state index contributed by atoms with van der Waals surface area (Å²) < 4.78 is 0. The van der Waals surface area contributed by atoms with E-state index >= 15 is 0 Å². The predicted octanol–water partition coefficient (Wildman–Crippen LogP) is 3.52. The molecule has 1 fully saturated rings. The number of rotatable bonds is 4. The van der Waals surface area contributed by atoms with E-state index in [1.807, 2.05) is 19.1 Å². The second-order valence-corrected chi connectivity index (χ2v) is 6.79. The summed E-state index contributed by atoms with van der Waals surface area (Å²) in [6.45, 7) is 5.00. The van der Waals surface area contributed by atoms with Gasteiger partial charge in [-0.15, -0.1) is 12.4 Å². The van der Waals surface area contributed by atoms with E-state index < -0.39 is 0 Å². The Labute approximate surface area is 160 Å². The number of carbonyl (C=O) groups is 2. The maximum Gasteiger partial charge on any atom is 0.252 e. The zero-order chi connectivity index (χ0) is 17.8. The first-order chi connectivity index (χ1) is 12.0. The van der Waals surface area contributed by atoms with Crippen LogP contribution in [-0.2, 0) is 0 Å². The molecule has 1 aliphatic heterocycles. The minimum atomic E-state index is -0.171. The van der Waals surface area contributed by atoms with Gasteiger partial charge in [0.05, 0.1) is 5.56 Å². The SMILES string of the molecule is Cc1ccc(C(=O)c2ccccc2C(=O)NC2CCNC(C)C2)cc1.Cl. The first kappa shape index (κ1) is 20.1. The quantitative estimate of drug-likeness (QED) is 0.807. The Bertz CT molecular complexity index is 774. The number of aryl methyl sites for hydroxylation is 1. The highest BCUT2D eigenvalue weighted by Crippen LogP contribution is 2.17. The minimum absolute atomic E-state index is 0. The van der Waals surface area contributed by atoms with Gasteiger partial charge in [0.25, 0.3) is 5.91 Å². The predicted molar refractivity (Wildman–Crippen MR) is 106 cm³/mol. The largest absolute Gasteiger partial charge is 0.349 e. The van der Waals surface area contributed by atoms with Gasteiger partial charge >= 0.3 is 0 Å². The van der Waals surface area contributed by atoms with Crippen LogP contribution in [0, 0.1) is 6.92 Å². The molecule has 4 nitrogen and oxygen atoms in total. The first-order valence-corrected chi connectivity index (χ1v) is 8.79. The van der Waals surface area contributed by atoms with Crippen LogP contribution in [-0.4, -0.2) is 30.3 Å². The lowest BCUT2D eigenvalue weighted by molar-refractivity contribution is 0.0916. The third-order valence-corrected chi connectivity index (χ3v) is 4.69. The molecule has 138 valence electrons. The maximum absolute atomic E-state index is 12.8. The number of amides is 1. The molecule has 0 spiro atoms. The summed E-state index contributed by atoms with van der Waals surface area (Å²) in [5, 5.41) is 6.47. The topological polar surface area (TPSA) is 58.2 Å². The fourth-order valence-electron chi connectivity index (χ4n) is 3.27.